The molecule has 0 saturated heterocycles. The summed E-state index contributed by atoms with van der Waals surface area (Å²) in [7, 11) is 0. The Hall–Kier alpha value is -6.64. The number of benzene rings is 8. The monoisotopic (exact) mass is 662 g/mol. The van der Waals surface area contributed by atoms with Crippen molar-refractivity contribution in [1.82, 2.24) is 9.13 Å². The number of fused-ring (bicyclic) bond motifs is 9. The second-order valence-electron chi connectivity index (χ2n) is 14.1. The fourth-order valence-electron chi connectivity index (χ4n) is 8.77. The van der Waals surface area contributed by atoms with Crippen molar-refractivity contribution >= 4 is 43.6 Å². The van der Waals surface area contributed by atoms with Gasteiger partial charge in [-0.2, -0.15) is 0 Å². The standard InChI is InChI=1S/C50H34N2/c1-3-11-33(12-4-1)35-21-27-49-45(31-35)43-15-7-9-17-47(43)51(49)39-23-25-41-37(29-39)19-20-38-30-40(24-26-42(38)41)52-48-18-10-8-16-44(48)46-32-36(22-28-50(46)52)34-13-5-2-6-14-34/h1-18,21-32H,19-20H2. The first kappa shape index (κ1) is 29.1. The largest absolute Gasteiger partial charge is 0.309 e. The first-order chi connectivity index (χ1) is 25.8. The molecule has 1 aliphatic rings. The molecule has 2 heteroatoms. The van der Waals surface area contributed by atoms with Crippen molar-refractivity contribution in [2.45, 2.75) is 12.8 Å². The first-order valence-corrected chi connectivity index (χ1v) is 18.2. The van der Waals surface area contributed by atoms with Gasteiger partial charge in [-0.25, -0.2) is 0 Å². The number of hydrogen-bond acceptors (Lipinski definition) is 0. The van der Waals surface area contributed by atoms with Gasteiger partial charge in [-0.05, 0) is 118 Å². The summed E-state index contributed by atoms with van der Waals surface area (Å²) in [5, 5.41) is 5.14. The molecule has 1 aliphatic carbocycles. The van der Waals surface area contributed by atoms with Gasteiger partial charge in [0.1, 0.15) is 0 Å². The molecule has 244 valence electrons. The fourth-order valence-corrected chi connectivity index (χ4v) is 8.77. The van der Waals surface area contributed by atoms with Crippen LogP contribution in [-0.2, 0) is 12.8 Å². The zero-order valence-electron chi connectivity index (χ0n) is 28.6. The number of aromatic nitrogens is 2. The van der Waals surface area contributed by atoms with E-state index in [1.54, 1.807) is 0 Å². The minimum atomic E-state index is 1.02. The molecule has 2 nitrogen and oxygen atoms in total. The Morgan fingerprint density at radius 3 is 1.15 bits per heavy atom. The van der Waals surface area contributed by atoms with E-state index in [1.165, 1.54) is 99.5 Å². The molecule has 0 aliphatic heterocycles. The lowest BCUT2D eigenvalue weighted by Gasteiger charge is -2.22. The predicted octanol–water partition coefficient (Wildman–Crippen LogP) is 13.0. The van der Waals surface area contributed by atoms with Crippen molar-refractivity contribution in [2.75, 3.05) is 0 Å². The molecule has 8 aromatic carbocycles. The van der Waals surface area contributed by atoms with E-state index in [0.29, 0.717) is 0 Å². The summed E-state index contributed by atoms with van der Waals surface area (Å²) in [6.07, 6.45) is 2.03. The molecule has 0 radical (unpaired) electrons. The van der Waals surface area contributed by atoms with Gasteiger partial charge in [-0.1, -0.05) is 121 Å². The van der Waals surface area contributed by atoms with Crippen LogP contribution in [0.1, 0.15) is 11.1 Å². The zero-order valence-corrected chi connectivity index (χ0v) is 28.6. The lowest BCUT2D eigenvalue weighted by molar-refractivity contribution is 0.935. The van der Waals surface area contributed by atoms with Gasteiger partial charge in [0, 0.05) is 32.9 Å². The van der Waals surface area contributed by atoms with Crippen LogP contribution in [0.15, 0.2) is 182 Å². The molecule has 2 aromatic heterocycles. The van der Waals surface area contributed by atoms with Crippen LogP contribution < -0.4 is 0 Å². The van der Waals surface area contributed by atoms with Crippen LogP contribution in [-0.4, -0.2) is 9.13 Å². The topological polar surface area (TPSA) is 9.86 Å². The maximum absolute atomic E-state index is 2.45. The molecule has 0 fully saturated rings. The van der Waals surface area contributed by atoms with Gasteiger partial charge in [0.2, 0.25) is 0 Å². The molecule has 0 unspecified atom stereocenters. The van der Waals surface area contributed by atoms with Crippen molar-refractivity contribution in [2.24, 2.45) is 0 Å². The van der Waals surface area contributed by atoms with Crippen LogP contribution in [0.5, 0.6) is 0 Å². The average molecular weight is 663 g/mol. The van der Waals surface area contributed by atoms with E-state index in [1.807, 2.05) is 0 Å². The number of aryl methyl sites for hydroxylation is 2. The minimum Gasteiger partial charge on any atom is -0.309 e. The first-order valence-electron chi connectivity index (χ1n) is 18.2. The van der Waals surface area contributed by atoms with Gasteiger partial charge in [0.15, 0.2) is 0 Å². The van der Waals surface area contributed by atoms with E-state index in [2.05, 4.69) is 191 Å². The SMILES string of the molecule is c1ccc(-c2ccc3c(c2)c2ccccc2n3-c2ccc3c(c2)CCc2cc(-n4c5ccccc5c5cc(-c6ccccc6)ccc54)ccc2-3)cc1. The number of nitrogens with zero attached hydrogens (tertiary/aromatic N) is 2. The van der Waals surface area contributed by atoms with Crippen molar-refractivity contribution in [3.05, 3.63) is 193 Å². The van der Waals surface area contributed by atoms with E-state index in [4.69, 9.17) is 0 Å². The lowest BCUT2D eigenvalue weighted by Crippen LogP contribution is -2.07. The third-order valence-electron chi connectivity index (χ3n) is 11.2. The Balaban J connectivity index is 1.00. The molecular formula is C50H34N2. The van der Waals surface area contributed by atoms with E-state index < -0.39 is 0 Å². The highest BCUT2D eigenvalue weighted by Gasteiger charge is 2.21. The van der Waals surface area contributed by atoms with Gasteiger partial charge in [0.05, 0.1) is 22.1 Å². The zero-order chi connectivity index (χ0) is 34.2. The smallest absolute Gasteiger partial charge is 0.0541 e. The van der Waals surface area contributed by atoms with Crippen LogP contribution >= 0.6 is 0 Å². The predicted molar refractivity (Wildman–Crippen MR) is 219 cm³/mol. The molecule has 11 rings (SSSR count). The maximum Gasteiger partial charge on any atom is 0.0541 e. The molecule has 52 heavy (non-hydrogen) atoms. The van der Waals surface area contributed by atoms with Crippen LogP contribution in [0.4, 0.5) is 0 Å². The van der Waals surface area contributed by atoms with Gasteiger partial charge in [-0.15, -0.1) is 0 Å². The quantitative estimate of drug-likeness (QED) is 0.177. The molecule has 0 N–H and O–H groups in total. The highest BCUT2D eigenvalue weighted by Crippen LogP contribution is 2.41. The molecular weight excluding hydrogens is 629 g/mol. The third-order valence-corrected chi connectivity index (χ3v) is 11.2. The van der Waals surface area contributed by atoms with Gasteiger partial charge >= 0.3 is 0 Å². The van der Waals surface area contributed by atoms with Crippen LogP contribution in [0.3, 0.4) is 0 Å². The van der Waals surface area contributed by atoms with Gasteiger partial charge in [0.25, 0.3) is 0 Å². The second-order valence-corrected chi connectivity index (χ2v) is 14.1. The Morgan fingerprint density at radius 1 is 0.288 bits per heavy atom. The molecule has 2 heterocycles. The molecule has 0 spiro atoms. The highest BCUT2D eigenvalue weighted by molar-refractivity contribution is 6.11. The third kappa shape index (κ3) is 4.44. The molecule has 10 aromatic rings. The minimum absolute atomic E-state index is 1.02. The molecule has 0 bridgehead atoms. The fraction of sp³-hybridized carbons (Fsp3) is 0.0400. The summed E-state index contributed by atoms with van der Waals surface area (Å²) < 4.78 is 4.90. The summed E-state index contributed by atoms with van der Waals surface area (Å²) in [5.74, 6) is 0. The maximum atomic E-state index is 2.45. The number of rotatable bonds is 4. The Morgan fingerprint density at radius 2 is 0.692 bits per heavy atom. The summed E-state index contributed by atoms with van der Waals surface area (Å²) in [4.78, 5) is 0. The molecule has 0 atom stereocenters. The van der Waals surface area contributed by atoms with Crippen molar-refractivity contribution in [3.63, 3.8) is 0 Å². The summed E-state index contributed by atoms with van der Waals surface area (Å²) in [5.41, 5.74) is 17.9. The summed E-state index contributed by atoms with van der Waals surface area (Å²) in [6.45, 7) is 0. The van der Waals surface area contributed by atoms with Crippen molar-refractivity contribution < 1.29 is 0 Å². The summed E-state index contributed by atoms with van der Waals surface area (Å²) >= 11 is 0. The van der Waals surface area contributed by atoms with E-state index in [0.717, 1.165) is 12.8 Å². The van der Waals surface area contributed by atoms with Crippen LogP contribution in [0.25, 0.3) is 88.4 Å². The van der Waals surface area contributed by atoms with Gasteiger partial charge in [-0.3, -0.25) is 0 Å². The van der Waals surface area contributed by atoms with Crippen molar-refractivity contribution in [3.8, 4) is 44.8 Å². The Labute approximate surface area is 302 Å². The lowest BCUT2D eigenvalue weighted by atomic mass is 9.85. The summed E-state index contributed by atoms with van der Waals surface area (Å²) in [6, 6.07) is 67.0. The van der Waals surface area contributed by atoms with Crippen molar-refractivity contribution in [1.29, 1.82) is 0 Å². The molecule has 0 amide bonds. The van der Waals surface area contributed by atoms with E-state index >= 15 is 0 Å². The number of hydrogen-bond donors (Lipinski definition) is 0. The van der Waals surface area contributed by atoms with Crippen LogP contribution in [0, 0.1) is 0 Å². The van der Waals surface area contributed by atoms with Gasteiger partial charge < -0.3 is 9.13 Å². The Bertz CT molecular complexity index is 2790. The van der Waals surface area contributed by atoms with E-state index in [9.17, 15) is 0 Å². The molecule has 0 saturated carbocycles. The Kier molecular flexibility index (Phi) is 6.41. The normalized spacial score (nSPS) is 12.5. The number of para-hydroxylation sites is 2. The highest BCUT2D eigenvalue weighted by atomic mass is 15.0. The van der Waals surface area contributed by atoms with E-state index in [-0.39, 0.29) is 0 Å². The van der Waals surface area contributed by atoms with Crippen LogP contribution in [0.2, 0.25) is 0 Å². The average Bonchev–Trinajstić information content (AvgIpc) is 3.73. The second kappa shape index (κ2) is 11.4.